The highest BCUT2D eigenvalue weighted by Gasteiger charge is 2.28. The molecule has 0 bridgehead atoms. The lowest BCUT2D eigenvalue weighted by molar-refractivity contribution is -0.123. The Labute approximate surface area is 87.5 Å². The Hall–Kier alpha value is -1.86. The molecule has 1 aromatic rings. The summed E-state index contributed by atoms with van der Waals surface area (Å²) >= 11 is 0. The van der Waals surface area contributed by atoms with Crippen LogP contribution in [0.25, 0.3) is 0 Å². The predicted molar refractivity (Wildman–Crippen MR) is 47.0 cm³/mol. The van der Waals surface area contributed by atoms with Crippen LogP contribution < -0.4 is 11.1 Å². The number of nitrogens with zero attached hydrogens (tertiary/aromatic N) is 1. The van der Waals surface area contributed by atoms with Crippen LogP contribution in [0.4, 0.5) is 23.4 Å². The lowest BCUT2D eigenvalue weighted by Gasteiger charge is -2.09. The molecule has 16 heavy (non-hydrogen) atoms. The van der Waals surface area contributed by atoms with Crippen molar-refractivity contribution in [1.29, 1.82) is 0 Å². The van der Waals surface area contributed by atoms with Gasteiger partial charge in [-0.3, -0.25) is 4.79 Å². The van der Waals surface area contributed by atoms with E-state index in [4.69, 9.17) is 5.73 Å². The molecule has 0 saturated heterocycles. The third-order valence-corrected chi connectivity index (χ3v) is 1.61. The van der Waals surface area contributed by atoms with Gasteiger partial charge in [-0.1, -0.05) is 0 Å². The number of amides is 1. The van der Waals surface area contributed by atoms with Crippen LogP contribution in [0.15, 0.2) is 12.3 Å². The molecule has 1 amide bonds. The lowest BCUT2D eigenvalue weighted by Crippen LogP contribution is -2.34. The van der Waals surface area contributed by atoms with E-state index in [2.05, 4.69) is 4.98 Å². The average molecular weight is 237 g/mol. The van der Waals surface area contributed by atoms with Gasteiger partial charge in [-0.25, -0.2) is 9.37 Å². The number of aromatic nitrogens is 1. The molecule has 0 atom stereocenters. The van der Waals surface area contributed by atoms with Crippen LogP contribution in [0.2, 0.25) is 0 Å². The Morgan fingerprint density at radius 3 is 2.69 bits per heavy atom. The molecule has 4 nitrogen and oxygen atoms in total. The van der Waals surface area contributed by atoms with E-state index in [1.165, 1.54) is 5.32 Å². The van der Waals surface area contributed by atoms with Gasteiger partial charge in [0.25, 0.3) is 5.91 Å². The number of carbonyl (C=O) groups excluding carboxylic acids is 1. The summed E-state index contributed by atoms with van der Waals surface area (Å²) in [4.78, 5) is 14.5. The molecule has 88 valence electrons. The van der Waals surface area contributed by atoms with Crippen molar-refractivity contribution in [3.8, 4) is 0 Å². The highest BCUT2D eigenvalue weighted by atomic mass is 19.4. The van der Waals surface area contributed by atoms with Crippen LogP contribution in [0.1, 0.15) is 10.4 Å². The van der Waals surface area contributed by atoms with Gasteiger partial charge in [0, 0.05) is 6.20 Å². The summed E-state index contributed by atoms with van der Waals surface area (Å²) in [6.07, 6.45) is -3.52. The molecule has 0 spiro atoms. The van der Waals surface area contributed by atoms with Crippen molar-refractivity contribution in [2.24, 2.45) is 0 Å². The van der Waals surface area contributed by atoms with Crippen LogP contribution in [-0.4, -0.2) is 23.6 Å². The molecule has 0 aliphatic carbocycles. The first kappa shape index (κ1) is 12.2. The maximum Gasteiger partial charge on any atom is 0.405 e. The molecule has 0 aliphatic rings. The fraction of sp³-hybridized carbons (Fsp3) is 0.250. The number of rotatable bonds is 2. The van der Waals surface area contributed by atoms with E-state index in [-0.39, 0.29) is 0 Å². The number of hydrogen-bond acceptors (Lipinski definition) is 3. The fourth-order valence-corrected chi connectivity index (χ4v) is 0.911. The Balaban J connectivity index is 2.78. The second-order valence-electron chi connectivity index (χ2n) is 2.86. The third kappa shape index (κ3) is 3.07. The maximum absolute atomic E-state index is 13.1. The van der Waals surface area contributed by atoms with Crippen LogP contribution in [0, 0.1) is 5.82 Å². The number of nitrogen functional groups attached to an aromatic ring is 1. The molecule has 0 fully saturated rings. The predicted octanol–water partition coefficient (Wildman–Crippen LogP) is 1.10. The number of pyridine rings is 1. The van der Waals surface area contributed by atoms with Gasteiger partial charge in [0.1, 0.15) is 6.54 Å². The summed E-state index contributed by atoms with van der Waals surface area (Å²) < 4.78 is 48.4. The van der Waals surface area contributed by atoms with Crippen molar-refractivity contribution in [2.45, 2.75) is 6.18 Å². The minimum absolute atomic E-state index is 0.542. The zero-order valence-corrected chi connectivity index (χ0v) is 7.81. The molecule has 0 unspecified atom stereocenters. The lowest BCUT2D eigenvalue weighted by atomic mass is 10.2. The van der Waals surface area contributed by atoms with Gasteiger partial charge >= 0.3 is 6.18 Å². The number of anilines is 1. The van der Waals surface area contributed by atoms with Gasteiger partial charge in [-0.05, 0) is 6.07 Å². The summed E-state index contributed by atoms with van der Waals surface area (Å²) in [6.45, 7) is -1.53. The highest BCUT2D eigenvalue weighted by molar-refractivity contribution is 5.95. The van der Waals surface area contributed by atoms with Crippen molar-refractivity contribution in [3.05, 3.63) is 23.6 Å². The number of carbonyl (C=O) groups is 1. The number of alkyl halides is 3. The van der Waals surface area contributed by atoms with Gasteiger partial charge in [0.05, 0.1) is 5.56 Å². The van der Waals surface area contributed by atoms with E-state index in [9.17, 15) is 22.4 Å². The highest BCUT2D eigenvalue weighted by Crippen LogP contribution is 2.14. The van der Waals surface area contributed by atoms with Crippen LogP contribution in [-0.2, 0) is 0 Å². The zero-order chi connectivity index (χ0) is 12.3. The van der Waals surface area contributed by atoms with E-state index in [0.29, 0.717) is 0 Å². The average Bonchev–Trinajstić information content (AvgIpc) is 2.17. The molecular formula is C8H7F4N3O. The SMILES string of the molecule is Nc1nccc(C(=O)NCC(F)(F)F)c1F. The zero-order valence-electron chi connectivity index (χ0n) is 7.81. The molecule has 1 aromatic heterocycles. The normalized spacial score (nSPS) is 11.2. The summed E-state index contributed by atoms with van der Waals surface area (Å²) in [7, 11) is 0. The molecule has 0 saturated carbocycles. The van der Waals surface area contributed by atoms with Crippen molar-refractivity contribution in [3.63, 3.8) is 0 Å². The molecule has 8 heteroatoms. The van der Waals surface area contributed by atoms with Crippen molar-refractivity contribution < 1.29 is 22.4 Å². The minimum Gasteiger partial charge on any atom is -0.381 e. The Morgan fingerprint density at radius 2 is 2.12 bits per heavy atom. The Morgan fingerprint density at radius 1 is 1.50 bits per heavy atom. The van der Waals surface area contributed by atoms with Crippen molar-refractivity contribution >= 4 is 11.7 Å². The second kappa shape index (κ2) is 4.33. The Bertz CT molecular complexity index is 405. The molecule has 0 aliphatic heterocycles. The summed E-state index contributed by atoms with van der Waals surface area (Å²) in [5.74, 6) is -2.87. The first-order valence-corrected chi connectivity index (χ1v) is 4.06. The van der Waals surface area contributed by atoms with E-state index in [0.717, 1.165) is 12.3 Å². The number of halogens is 4. The summed E-state index contributed by atoms with van der Waals surface area (Å²) in [5, 5.41) is 1.52. The van der Waals surface area contributed by atoms with E-state index >= 15 is 0 Å². The van der Waals surface area contributed by atoms with Gasteiger partial charge in [0.15, 0.2) is 11.6 Å². The quantitative estimate of drug-likeness (QED) is 0.756. The first-order chi connectivity index (χ1) is 7.31. The van der Waals surface area contributed by atoms with Crippen LogP contribution >= 0.6 is 0 Å². The monoisotopic (exact) mass is 237 g/mol. The molecule has 3 N–H and O–H groups in total. The van der Waals surface area contributed by atoms with Gasteiger partial charge in [0.2, 0.25) is 0 Å². The maximum atomic E-state index is 13.1. The Kier molecular flexibility index (Phi) is 3.31. The second-order valence-corrected chi connectivity index (χ2v) is 2.86. The summed E-state index contributed by atoms with van der Waals surface area (Å²) in [6, 6.07) is 0.942. The topological polar surface area (TPSA) is 68.0 Å². The largest absolute Gasteiger partial charge is 0.405 e. The van der Waals surface area contributed by atoms with Gasteiger partial charge < -0.3 is 11.1 Å². The van der Waals surface area contributed by atoms with Crippen molar-refractivity contribution in [2.75, 3.05) is 12.3 Å². The van der Waals surface area contributed by atoms with E-state index in [1.54, 1.807) is 0 Å². The number of nitrogens with two attached hydrogens (primary N) is 1. The van der Waals surface area contributed by atoms with E-state index in [1.807, 2.05) is 0 Å². The van der Waals surface area contributed by atoms with Crippen molar-refractivity contribution in [1.82, 2.24) is 10.3 Å². The summed E-state index contributed by atoms with van der Waals surface area (Å²) in [5.41, 5.74) is 4.48. The molecular weight excluding hydrogens is 230 g/mol. The molecule has 0 radical (unpaired) electrons. The number of hydrogen-bond donors (Lipinski definition) is 2. The van der Waals surface area contributed by atoms with Crippen LogP contribution in [0.3, 0.4) is 0 Å². The standard InChI is InChI=1S/C8H7F4N3O/c9-5-4(1-2-14-6(5)13)7(16)15-3-8(10,11)12/h1-2H,3H2,(H2,13,14)(H,15,16). The minimum atomic E-state index is -4.55. The third-order valence-electron chi connectivity index (χ3n) is 1.61. The van der Waals surface area contributed by atoms with Gasteiger partial charge in [-0.15, -0.1) is 0 Å². The van der Waals surface area contributed by atoms with Gasteiger partial charge in [-0.2, -0.15) is 13.2 Å². The first-order valence-electron chi connectivity index (χ1n) is 4.06. The van der Waals surface area contributed by atoms with Crippen LogP contribution in [0.5, 0.6) is 0 Å². The fourth-order valence-electron chi connectivity index (χ4n) is 0.911. The number of nitrogens with one attached hydrogen (secondary N) is 1. The molecule has 0 aromatic carbocycles. The smallest absolute Gasteiger partial charge is 0.381 e. The molecule has 1 rings (SSSR count). The molecule has 1 heterocycles. The van der Waals surface area contributed by atoms with E-state index < -0.39 is 35.8 Å².